The Morgan fingerprint density at radius 3 is 2.15 bits per heavy atom. The number of halogens is 1. The van der Waals surface area contributed by atoms with Crippen LogP contribution in [-0.2, 0) is 13.1 Å². The average molecular weight is 326 g/mol. The molecule has 0 spiro atoms. The molecule has 0 saturated carbocycles. The first-order valence-corrected chi connectivity index (χ1v) is 7.53. The summed E-state index contributed by atoms with van der Waals surface area (Å²) in [7, 11) is 0. The van der Waals surface area contributed by atoms with Crippen molar-refractivity contribution in [3.8, 4) is 0 Å². The summed E-state index contributed by atoms with van der Waals surface area (Å²) in [5, 5.41) is 6.08. The number of fused-ring (bicyclic) bond motifs is 1. The van der Waals surface area contributed by atoms with Gasteiger partial charge in [0.05, 0.1) is 0 Å². The second kappa shape index (κ2) is 6.21. The molecule has 0 aliphatic heterocycles. The number of hydrogen-bond donors (Lipinski definition) is 1. The fraction of sp³-hybridized carbons (Fsp3) is 0.111. The molecule has 0 bridgehead atoms. The van der Waals surface area contributed by atoms with Crippen LogP contribution in [-0.4, -0.2) is 0 Å². The van der Waals surface area contributed by atoms with Crippen molar-refractivity contribution in [2.24, 2.45) is 0 Å². The lowest BCUT2D eigenvalue weighted by Crippen LogP contribution is -2.12. The van der Waals surface area contributed by atoms with Crippen LogP contribution < -0.4 is 5.32 Å². The summed E-state index contributed by atoms with van der Waals surface area (Å²) in [5.74, 6) is 0. The molecule has 0 fully saturated rings. The van der Waals surface area contributed by atoms with E-state index in [0.29, 0.717) is 0 Å². The van der Waals surface area contributed by atoms with Gasteiger partial charge in [-0.3, -0.25) is 0 Å². The van der Waals surface area contributed by atoms with Crippen LogP contribution in [0.4, 0.5) is 0 Å². The van der Waals surface area contributed by atoms with E-state index in [-0.39, 0.29) is 0 Å². The Kier molecular flexibility index (Phi) is 4.14. The van der Waals surface area contributed by atoms with Crippen LogP contribution in [0.3, 0.4) is 0 Å². The van der Waals surface area contributed by atoms with Gasteiger partial charge in [0, 0.05) is 17.6 Å². The Bertz CT molecular complexity index is 704. The molecule has 0 aliphatic rings. The standard InChI is InChI=1S/C18H16BrN/c19-18-9-6-14(7-10-18)12-20-13-15-5-8-16-3-1-2-4-17(16)11-15/h1-11,20H,12-13H2. The monoisotopic (exact) mass is 325 g/mol. The van der Waals surface area contributed by atoms with Gasteiger partial charge in [0.15, 0.2) is 0 Å². The van der Waals surface area contributed by atoms with Crippen molar-refractivity contribution in [2.75, 3.05) is 0 Å². The van der Waals surface area contributed by atoms with E-state index >= 15 is 0 Å². The first-order chi connectivity index (χ1) is 9.81. The quantitative estimate of drug-likeness (QED) is 0.720. The Labute approximate surface area is 127 Å². The highest BCUT2D eigenvalue weighted by Gasteiger charge is 1.97. The molecule has 2 heteroatoms. The zero-order valence-electron chi connectivity index (χ0n) is 11.1. The van der Waals surface area contributed by atoms with Crippen molar-refractivity contribution in [3.05, 3.63) is 82.3 Å². The Balaban J connectivity index is 1.63. The van der Waals surface area contributed by atoms with Crippen molar-refractivity contribution in [1.29, 1.82) is 0 Å². The molecule has 1 nitrogen and oxygen atoms in total. The van der Waals surface area contributed by atoms with E-state index in [2.05, 4.69) is 88.0 Å². The van der Waals surface area contributed by atoms with Gasteiger partial charge in [0.1, 0.15) is 0 Å². The molecule has 1 N–H and O–H groups in total. The second-order valence-corrected chi connectivity index (χ2v) is 5.83. The minimum absolute atomic E-state index is 0.889. The first-order valence-electron chi connectivity index (χ1n) is 6.74. The summed E-state index contributed by atoms with van der Waals surface area (Å²) in [5.41, 5.74) is 2.62. The van der Waals surface area contributed by atoms with Gasteiger partial charge in [-0.15, -0.1) is 0 Å². The van der Waals surface area contributed by atoms with Gasteiger partial charge in [-0.05, 0) is 40.1 Å². The minimum atomic E-state index is 0.889. The lowest BCUT2D eigenvalue weighted by Gasteiger charge is -2.07. The summed E-state index contributed by atoms with van der Waals surface area (Å²) >= 11 is 3.45. The molecule has 0 unspecified atom stereocenters. The van der Waals surface area contributed by atoms with Crippen molar-refractivity contribution in [3.63, 3.8) is 0 Å². The smallest absolute Gasteiger partial charge is 0.0208 e. The van der Waals surface area contributed by atoms with Crippen molar-refractivity contribution < 1.29 is 0 Å². The molecule has 3 rings (SSSR count). The molecule has 0 radical (unpaired) electrons. The largest absolute Gasteiger partial charge is 0.309 e. The van der Waals surface area contributed by atoms with E-state index in [4.69, 9.17) is 0 Å². The third-order valence-corrected chi connectivity index (χ3v) is 3.91. The van der Waals surface area contributed by atoms with Gasteiger partial charge < -0.3 is 5.32 Å². The SMILES string of the molecule is Brc1ccc(CNCc2ccc3ccccc3c2)cc1. The molecule has 3 aromatic carbocycles. The van der Waals surface area contributed by atoms with E-state index in [9.17, 15) is 0 Å². The van der Waals surface area contributed by atoms with Crippen LogP contribution in [0.1, 0.15) is 11.1 Å². The minimum Gasteiger partial charge on any atom is -0.309 e. The molecule has 3 aromatic rings. The van der Waals surface area contributed by atoms with Crippen LogP contribution in [0, 0.1) is 0 Å². The molecule has 0 atom stereocenters. The molecule has 0 aromatic heterocycles. The van der Waals surface area contributed by atoms with E-state index in [1.807, 2.05) is 0 Å². The number of hydrogen-bond acceptors (Lipinski definition) is 1. The Morgan fingerprint density at radius 2 is 1.35 bits per heavy atom. The average Bonchev–Trinajstić information content (AvgIpc) is 2.49. The fourth-order valence-corrected chi connectivity index (χ4v) is 2.57. The molecule has 0 aliphatic carbocycles. The normalized spacial score (nSPS) is 10.8. The van der Waals surface area contributed by atoms with Crippen molar-refractivity contribution in [1.82, 2.24) is 5.32 Å². The summed E-state index contributed by atoms with van der Waals surface area (Å²) in [6.45, 7) is 1.78. The maximum Gasteiger partial charge on any atom is 0.0208 e. The topological polar surface area (TPSA) is 12.0 Å². The van der Waals surface area contributed by atoms with Gasteiger partial charge in [-0.1, -0.05) is 64.5 Å². The Morgan fingerprint density at radius 1 is 0.700 bits per heavy atom. The second-order valence-electron chi connectivity index (χ2n) is 4.91. The molecule has 0 amide bonds. The summed E-state index contributed by atoms with van der Waals surface area (Å²) in [4.78, 5) is 0. The van der Waals surface area contributed by atoms with Gasteiger partial charge in [-0.25, -0.2) is 0 Å². The molecule has 20 heavy (non-hydrogen) atoms. The molecule has 0 saturated heterocycles. The van der Waals surface area contributed by atoms with Gasteiger partial charge in [0.25, 0.3) is 0 Å². The van der Waals surface area contributed by atoms with E-state index in [1.54, 1.807) is 0 Å². The predicted octanol–water partition coefficient (Wildman–Crippen LogP) is 4.89. The molecular weight excluding hydrogens is 310 g/mol. The lowest BCUT2D eigenvalue weighted by molar-refractivity contribution is 0.694. The van der Waals surface area contributed by atoms with Crippen molar-refractivity contribution >= 4 is 26.7 Å². The first kappa shape index (κ1) is 13.3. The van der Waals surface area contributed by atoms with Crippen LogP contribution in [0.25, 0.3) is 10.8 Å². The summed E-state index contributed by atoms with van der Waals surface area (Å²) in [6, 6.07) is 23.5. The van der Waals surface area contributed by atoms with Gasteiger partial charge in [0.2, 0.25) is 0 Å². The van der Waals surface area contributed by atoms with Crippen LogP contribution in [0.15, 0.2) is 71.2 Å². The zero-order valence-corrected chi connectivity index (χ0v) is 12.7. The Hall–Kier alpha value is -1.64. The summed E-state index contributed by atoms with van der Waals surface area (Å²) < 4.78 is 1.12. The van der Waals surface area contributed by atoms with E-state index in [0.717, 1.165) is 17.6 Å². The van der Waals surface area contributed by atoms with E-state index in [1.165, 1.54) is 21.9 Å². The number of benzene rings is 3. The van der Waals surface area contributed by atoms with Crippen molar-refractivity contribution in [2.45, 2.75) is 13.1 Å². The third-order valence-electron chi connectivity index (χ3n) is 3.39. The highest BCUT2D eigenvalue weighted by molar-refractivity contribution is 9.10. The number of nitrogens with one attached hydrogen (secondary N) is 1. The van der Waals surface area contributed by atoms with Crippen LogP contribution >= 0.6 is 15.9 Å². The van der Waals surface area contributed by atoms with E-state index < -0.39 is 0 Å². The zero-order chi connectivity index (χ0) is 13.8. The van der Waals surface area contributed by atoms with Gasteiger partial charge in [-0.2, -0.15) is 0 Å². The van der Waals surface area contributed by atoms with Crippen LogP contribution in [0.5, 0.6) is 0 Å². The van der Waals surface area contributed by atoms with Crippen LogP contribution in [0.2, 0.25) is 0 Å². The summed E-state index contributed by atoms with van der Waals surface area (Å²) in [6.07, 6.45) is 0. The van der Waals surface area contributed by atoms with Gasteiger partial charge >= 0.3 is 0 Å². The maximum absolute atomic E-state index is 3.49. The predicted molar refractivity (Wildman–Crippen MR) is 88.6 cm³/mol. The fourth-order valence-electron chi connectivity index (χ4n) is 2.30. The third kappa shape index (κ3) is 3.27. The molecule has 0 heterocycles. The maximum atomic E-state index is 3.49. The molecular formula is C18H16BrN. The number of rotatable bonds is 4. The highest BCUT2D eigenvalue weighted by Crippen LogP contribution is 2.15. The molecule has 100 valence electrons. The lowest BCUT2D eigenvalue weighted by atomic mass is 10.1. The highest BCUT2D eigenvalue weighted by atomic mass is 79.9.